The average molecular weight is 219 g/mol. The molecule has 1 atom stereocenters. The molecule has 0 aliphatic carbocycles. The number of carboxylic acids is 1. The summed E-state index contributed by atoms with van der Waals surface area (Å²) in [6.45, 7) is 1.46. The summed E-state index contributed by atoms with van der Waals surface area (Å²) in [5.41, 5.74) is 0. The normalized spacial score (nSPS) is 12.1. The van der Waals surface area contributed by atoms with Gasteiger partial charge in [-0.05, 0) is 12.8 Å². The largest absolute Gasteiger partial charge is 0.480 e. The molecule has 1 unspecified atom stereocenters. The fourth-order valence-electron chi connectivity index (χ4n) is 0.864. The first-order valence-corrected chi connectivity index (χ1v) is 4.80. The first-order chi connectivity index (χ1) is 7.06. The Kier molecular flexibility index (Phi) is 7.57. The van der Waals surface area contributed by atoms with Gasteiger partial charge >= 0.3 is 5.97 Å². The lowest BCUT2D eigenvalue weighted by atomic mass is 10.2. The van der Waals surface area contributed by atoms with E-state index >= 15 is 0 Å². The number of hydrogen-bond donors (Lipinski definition) is 3. The van der Waals surface area contributed by atoms with Crippen molar-refractivity contribution in [2.75, 3.05) is 19.8 Å². The molecule has 0 aromatic heterocycles. The van der Waals surface area contributed by atoms with Crippen LogP contribution in [0.3, 0.4) is 0 Å². The van der Waals surface area contributed by atoms with Crippen LogP contribution in [-0.2, 0) is 14.3 Å². The number of hydrogen-bond acceptors (Lipinski definition) is 4. The van der Waals surface area contributed by atoms with Gasteiger partial charge in [-0.1, -0.05) is 6.92 Å². The minimum absolute atomic E-state index is 0.269. The predicted molar refractivity (Wildman–Crippen MR) is 52.4 cm³/mol. The van der Waals surface area contributed by atoms with Gasteiger partial charge in [0, 0.05) is 6.54 Å². The Morgan fingerprint density at radius 1 is 1.40 bits per heavy atom. The second kappa shape index (κ2) is 8.19. The van der Waals surface area contributed by atoms with Gasteiger partial charge in [0.25, 0.3) is 0 Å². The first kappa shape index (κ1) is 13.9. The number of rotatable bonds is 8. The molecule has 0 saturated carbocycles. The van der Waals surface area contributed by atoms with Crippen molar-refractivity contribution in [1.82, 2.24) is 5.32 Å². The number of aliphatic hydroxyl groups is 1. The third kappa shape index (κ3) is 9.17. The molecule has 0 heterocycles. The van der Waals surface area contributed by atoms with Crippen LogP contribution in [-0.4, -0.2) is 48.0 Å². The zero-order valence-electron chi connectivity index (χ0n) is 8.73. The molecule has 88 valence electrons. The van der Waals surface area contributed by atoms with Crippen LogP contribution in [0.15, 0.2) is 0 Å². The molecule has 6 heteroatoms. The van der Waals surface area contributed by atoms with E-state index in [-0.39, 0.29) is 12.5 Å². The smallest absolute Gasteiger partial charge is 0.329 e. The molecule has 0 saturated heterocycles. The van der Waals surface area contributed by atoms with Crippen molar-refractivity contribution in [1.29, 1.82) is 0 Å². The van der Waals surface area contributed by atoms with Gasteiger partial charge in [-0.25, -0.2) is 4.79 Å². The van der Waals surface area contributed by atoms with E-state index in [1.165, 1.54) is 0 Å². The number of ether oxygens (including phenoxy) is 1. The van der Waals surface area contributed by atoms with E-state index in [4.69, 9.17) is 10.2 Å². The summed E-state index contributed by atoms with van der Waals surface area (Å²) < 4.78 is 4.57. The van der Waals surface area contributed by atoms with Gasteiger partial charge in [0.2, 0.25) is 5.91 Å². The fourth-order valence-corrected chi connectivity index (χ4v) is 0.864. The van der Waals surface area contributed by atoms with Crippen LogP contribution in [0.25, 0.3) is 0 Å². The molecule has 1 amide bonds. The third-order valence-electron chi connectivity index (χ3n) is 1.73. The lowest BCUT2D eigenvalue weighted by molar-refractivity contribution is -0.143. The molecule has 0 aliphatic rings. The SMILES string of the molecule is CCC(O)CCNC(=O)COCC(=O)O. The maximum Gasteiger partial charge on any atom is 0.329 e. The summed E-state index contributed by atoms with van der Waals surface area (Å²) in [4.78, 5) is 21.0. The van der Waals surface area contributed by atoms with Crippen molar-refractivity contribution in [2.45, 2.75) is 25.9 Å². The second-order valence-electron chi connectivity index (χ2n) is 3.09. The Morgan fingerprint density at radius 3 is 2.60 bits per heavy atom. The maximum atomic E-state index is 11.0. The van der Waals surface area contributed by atoms with Crippen molar-refractivity contribution < 1.29 is 24.5 Å². The Hall–Kier alpha value is -1.14. The van der Waals surface area contributed by atoms with Gasteiger partial charge in [0.1, 0.15) is 13.2 Å². The molecule has 0 rings (SSSR count). The quantitative estimate of drug-likeness (QED) is 0.505. The number of carbonyl (C=O) groups excluding carboxylic acids is 1. The minimum Gasteiger partial charge on any atom is -0.480 e. The molecule has 0 aromatic carbocycles. The Bertz CT molecular complexity index is 207. The summed E-state index contributed by atoms with van der Waals surface area (Å²) >= 11 is 0. The van der Waals surface area contributed by atoms with Gasteiger partial charge in [0.05, 0.1) is 6.10 Å². The Labute approximate surface area is 88.2 Å². The van der Waals surface area contributed by atoms with Crippen LogP contribution < -0.4 is 5.32 Å². The molecule has 0 spiro atoms. The van der Waals surface area contributed by atoms with Crippen molar-refractivity contribution in [3.05, 3.63) is 0 Å². The molecular formula is C9H17NO5. The van der Waals surface area contributed by atoms with E-state index in [1.807, 2.05) is 6.92 Å². The number of aliphatic carboxylic acids is 1. The molecule has 0 aliphatic heterocycles. The molecule has 0 fully saturated rings. The van der Waals surface area contributed by atoms with Crippen molar-refractivity contribution in [3.63, 3.8) is 0 Å². The third-order valence-corrected chi connectivity index (χ3v) is 1.73. The standard InChI is InChI=1S/C9H17NO5/c1-2-7(11)3-4-10-8(12)5-15-6-9(13)14/h7,11H,2-6H2,1H3,(H,10,12)(H,13,14). The van der Waals surface area contributed by atoms with Gasteiger partial charge in [-0.15, -0.1) is 0 Å². The van der Waals surface area contributed by atoms with Gasteiger partial charge in [-0.2, -0.15) is 0 Å². The van der Waals surface area contributed by atoms with Crippen LogP contribution >= 0.6 is 0 Å². The molecular weight excluding hydrogens is 202 g/mol. The number of aliphatic hydroxyl groups excluding tert-OH is 1. The molecule has 3 N–H and O–H groups in total. The van der Waals surface area contributed by atoms with Crippen LogP contribution in [0, 0.1) is 0 Å². The predicted octanol–water partition coefficient (Wildman–Crippen LogP) is -0.635. The van der Waals surface area contributed by atoms with Gasteiger partial charge in [0.15, 0.2) is 0 Å². The molecule has 0 aromatic rings. The van der Waals surface area contributed by atoms with E-state index in [0.29, 0.717) is 19.4 Å². The monoisotopic (exact) mass is 219 g/mol. The summed E-state index contributed by atoms with van der Waals surface area (Å²) in [7, 11) is 0. The zero-order chi connectivity index (χ0) is 11.7. The number of carbonyl (C=O) groups is 2. The highest BCUT2D eigenvalue weighted by Gasteiger charge is 2.04. The molecule has 6 nitrogen and oxygen atoms in total. The van der Waals surface area contributed by atoms with Crippen LogP contribution in [0.4, 0.5) is 0 Å². The van der Waals surface area contributed by atoms with E-state index in [1.54, 1.807) is 0 Å². The van der Waals surface area contributed by atoms with Crippen molar-refractivity contribution in [2.24, 2.45) is 0 Å². The Balaban J connectivity index is 3.37. The zero-order valence-corrected chi connectivity index (χ0v) is 8.73. The van der Waals surface area contributed by atoms with Crippen molar-refractivity contribution >= 4 is 11.9 Å². The Morgan fingerprint density at radius 2 is 2.07 bits per heavy atom. The lowest BCUT2D eigenvalue weighted by Gasteiger charge is -2.08. The summed E-state index contributed by atoms with van der Waals surface area (Å²) in [5, 5.41) is 19.9. The van der Waals surface area contributed by atoms with Gasteiger partial charge < -0.3 is 20.3 Å². The highest BCUT2D eigenvalue weighted by Crippen LogP contribution is 1.93. The van der Waals surface area contributed by atoms with Crippen LogP contribution in [0.1, 0.15) is 19.8 Å². The van der Waals surface area contributed by atoms with Crippen LogP contribution in [0.2, 0.25) is 0 Å². The molecule has 0 bridgehead atoms. The number of nitrogens with one attached hydrogen (secondary N) is 1. The average Bonchev–Trinajstić information content (AvgIpc) is 2.17. The molecule has 0 radical (unpaired) electrons. The topological polar surface area (TPSA) is 95.9 Å². The number of carboxylic acid groups (broad SMARTS) is 1. The summed E-state index contributed by atoms with van der Waals surface area (Å²) in [6, 6.07) is 0. The number of amides is 1. The summed E-state index contributed by atoms with van der Waals surface area (Å²) in [5.74, 6) is -1.48. The molecule has 15 heavy (non-hydrogen) atoms. The highest BCUT2D eigenvalue weighted by atomic mass is 16.5. The summed E-state index contributed by atoms with van der Waals surface area (Å²) in [6.07, 6.45) is 0.720. The van der Waals surface area contributed by atoms with E-state index in [9.17, 15) is 9.59 Å². The van der Waals surface area contributed by atoms with E-state index < -0.39 is 18.7 Å². The minimum atomic E-state index is -1.11. The highest BCUT2D eigenvalue weighted by molar-refractivity contribution is 5.77. The van der Waals surface area contributed by atoms with Gasteiger partial charge in [-0.3, -0.25) is 4.79 Å². The van der Waals surface area contributed by atoms with Crippen LogP contribution in [0.5, 0.6) is 0 Å². The van der Waals surface area contributed by atoms with E-state index in [0.717, 1.165) is 0 Å². The van der Waals surface area contributed by atoms with E-state index in [2.05, 4.69) is 10.1 Å². The fraction of sp³-hybridized carbons (Fsp3) is 0.778. The lowest BCUT2D eigenvalue weighted by Crippen LogP contribution is -2.31. The van der Waals surface area contributed by atoms with Crippen molar-refractivity contribution in [3.8, 4) is 0 Å². The second-order valence-corrected chi connectivity index (χ2v) is 3.09. The maximum absolute atomic E-state index is 11.0. The first-order valence-electron chi connectivity index (χ1n) is 4.80.